The van der Waals surface area contributed by atoms with Crippen molar-refractivity contribution in [3.63, 3.8) is 0 Å². The average molecular weight is 717 g/mol. The summed E-state index contributed by atoms with van der Waals surface area (Å²) in [6.07, 6.45) is 11.5. The lowest BCUT2D eigenvalue weighted by molar-refractivity contribution is -0.138. The minimum atomic E-state index is -0.838. The van der Waals surface area contributed by atoms with Gasteiger partial charge in [0, 0.05) is 47.4 Å². The third-order valence-corrected chi connectivity index (χ3v) is 10.1. The van der Waals surface area contributed by atoms with Crippen molar-refractivity contribution >= 4 is 50.2 Å². The molecule has 1 aromatic carbocycles. The van der Waals surface area contributed by atoms with Crippen molar-refractivity contribution in [1.29, 1.82) is 0 Å². The number of benzene rings is 1. The molecular formula is C35H35BrFN7O4. The van der Waals surface area contributed by atoms with Crippen LogP contribution >= 0.6 is 15.9 Å². The SMILES string of the molecule is CC(=O)c1nn(CC(=O)N2[C@H]3C[C@@]4(CCC/C=C/COCc5ccc(Br)nc5NC3=O)C[C@@H]24)c2c(CF)cc(-c3cnc(C)nc3)cc12. The molecule has 1 aliphatic carbocycles. The first-order valence-corrected chi connectivity index (χ1v) is 16.9. The van der Waals surface area contributed by atoms with Gasteiger partial charge >= 0.3 is 0 Å². The number of ketones is 1. The summed E-state index contributed by atoms with van der Waals surface area (Å²) in [4.78, 5) is 55.8. The van der Waals surface area contributed by atoms with E-state index in [2.05, 4.69) is 47.4 Å². The Bertz CT molecular complexity index is 1960. The maximum atomic E-state index is 14.7. The smallest absolute Gasteiger partial charge is 0.248 e. The number of allylic oxidation sites excluding steroid dienone is 1. The predicted molar refractivity (Wildman–Crippen MR) is 180 cm³/mol. The molecule has 3 aliphatic rings. The van der Waals surface area contributed by atoms with E-state index >= 15 is 0 Å². The van der Waals surface area contributed by atoms with E-state index in [0.29, 0.717) is 51.3 Å². The van der Waals surface area contributed by atoms with Crippen molar-refractivity contribution in [2.75, 3.05) is 11.9 Å². The minimum absolute atomic E-state index is 0.0983. The van der Waals surface area contributed by atoms with Crippen LogP contribution in [-0.2, 0) is 34.2 Å². The molecule has 2 bridgehead atoms. The number of anilines is 1. The number of piperidine rings is 1. The largest absolute Gasteiger partial charge is 0.373 e. The second-order valence-electron chi connectivity index (χ2n) is 12.9. The highest BCUT2D eigenvalue weighted by molar-refractivity contribution is 9.10. The first-order chi connectivity index (χ1) is 23.2. The van der Waals surface area contributed by atoms with Crippen LogP contribution in [0.1, 0.15) is 66.5 Å². The van der Waals surface area contributed by atoms with Gasteiger partial charge in [0.15, 0.2) is 5.78 Å². The number of rotatable bonds is 5. The molecule has 1 saturated heterocycles. The summed E-state index contributed by atoms with van der Waals surface area (Å²) in [5.41, 5.74) is 2.69. The average Bonchev–Trinajstić information content (AvgIpc) is 3.47. The summed E-state index contributed by atoms with van der Waals surface area (Å²) in [6, 6.07) is 6.26. The standard InChI is InChI=1S/C35H35BrFN7O4/c1-20(45)31-26-12-23(25-16-38-21(2)39-17-25)11-24(15-37)32(26)43(42-31)18-30(46)44-27-13-35(14-28(35)44)9-5-3-4-6-10-48-19-22-7-8-29(36)40-33(22)41-34(27)47/h4,6-8,11-12,16-17,27-28H,3,5,9-10,13-15,18-19H2,1-2H3,(H,40,41,47)/b6-4+/t27-,28+,35-/m0/s1. The molecule has 7 rings (SSSR count). The van der Waals surface area contributed by atoms with Crippen molar-refractivity contribution in [3.8, 4) is 11.1 Å². The molecule has 1 saturated carbocycles. The van der Waals surface area contributed by atoms with Crippen molar-refractivity contribution in [2.45, 2.75) is 77.9 Å². The van der Waals surface area contributed by atoms with Crippen molar-refractivity contribution in [3.05, 3.63) is 76.1 Å². The normalized spacial score (nSPS) is 23.1. The topological polar surface area (TPSA) is 132 Å². The Morgan fingerprint density at radius 3 is 2.73 bits per heavy atom. The molecule has 4 aromatic rings. The minimum Gasteiger partial charge on any atom is -0.373 e. The fourth-order valence-electron chi connectivity index (χ4n) is 7.26. The van der Waals surface area contributed by atoms with Crippen molar-refractivity contribution < 1.29 is 23.5 Å². The van der Waals surface area contributed by atoms with Gasteiger partial charge in [-0.2, -0.15) is 5.10 Å². The second-order valence-corrected chi connectivity index (χ2v) is 13.7. The van der Waals surface area contributed by atoms with Gasteiger partial charge in [-0.05, 0) is 84.1 Å². The molecule has 248 valence electrons. The van der Waals surface area contributed by atoms with Crippen LogP contribution in [0.4, 0.5) is 10.2 Å². The summed E-state index contributed by atoms with van der Waals surface area (Å²) in [6.45, 7) is 2.80. The maximum absolute atomic E-state index is 14.7. The van der Waals surface area contributed by atoms with E-state index in [4.69, 9.17) is 4.74 Å². The molecule has 1 spiro atoms. The monoisotopic (exact) mass is 715 g/mol. The first kappa shape index (κ1) is 32.2. The van der Waals surface area contributed by atoms with Gasteiger partial charge in [-0.1, -0.05) is 18.2 Å². The van der Waals surface area contributed by atoms with E-state index in [0.717, 1.165) is 31.2 Å². The summed E-state index contributed by atoms with van der Waals surface area (Å²) in [7, 11) is 0. The molecule has 0 unspecified atom stereocenters. The van der Waals surface area contributed by atoms with Gasteiger partial charge in [0.1, 0.15) is 41.2 Å². The number of fused-ring (bicyclic) bond motifs is 3. The highest BCUT2D eigenvalue weighted by Gasteiger charge is 2.66. The number of nitrogens with zero attached hydrogens (tertiary/aromatic N) is 6. The number of aromatic nitrogens is 5. The zero-order chi connectivity index (χ0) is 33.6. The van der Waals surface area contributed by atoms with Gasteiger partial charge in [-0.25, -0.2) is 19.3 Å². The van der Waals surface area contributed by atoms with E-state index in [1.165, 1.54) is 11.6 Å². The summed E-state index contributed by atoms with van der Waals surface area (Å²) < 4.78 is 22.5. The molecule has 5 heterocycles. The molecule has 3 aromatic heterocycles. The van der Waals surface area contributed by atoms with Crippen molar-refractivity contribution in [2.24, 2.45) is 5.41 Å². The number of ether oxygens (including phenoxy) is 1. The Balaban J connectivity index is 1.23. The Morgan fingerprint density at radius 1 is 1.15 bits per heavy atom. The van der Waals surface area contributed by atoms with Crippen LogP contribution in [0, 0.1) is 12.3 Å². The van der Waals surface area contributed by atoms with Gasteiger partial charge in [0.2, 0.25) is 11.8 Å². The number of nitrogens with one attached hydrogen (secondary N) is 1. The number of hydrogen-bond donors (Lipinski definition) is 1. The number of carbonyl (C=O) groups excluding carboxylic acids is 3. The third-order valence-electron chi connectivity index (χ3n) is 9.68. The van der Waals surface area contributed by atoms with Gasteiger partial charge in [-0.15, -0.1) is 0 Å². The lowest BCUT2D eigenvalue weighted by Crippen LogP contribution is -2.47. The van der Waals surface area contributed by atoms with Crippen LogP contribution in [0.25, 0.3) is 22.0 Å². The third kappa shape index (κ3) is 6.05. The Hall–Kier alpha value is -4.36. The fraction of sp³-hybridized carbons (Fsp3) is 0.400. The molecular weight excluding hydrogens is 681 g/mol. The zero-order valence-corrected chi connectivity index (χ0v) is 28.3. The summed E-state index contributed by atoms with van der Waals surface area (Å²) >= 11 is 3.40. The highest BCUT2D eigenvalue weighted by atomic mass is 79.9. The molecule has 48 heavy (non-hydrogen) atoms. The molecule has 11 nitrogen and oxygen atoms in total. The quantitative estimate of drug-likeness (QED) is 0.154. The van der Waals surface area contributed by atoms with E-state index in [9.17, 15) is 18.8 Å². The van der Waals surface area contributed by atoms with Crippen LogP contribution in [0.3, 0.4) is 0 Å². The van der Waals surface area contributed by atoms with Gasteiger partial charge < -0.3 is 15.0 Å². The van der Waals surface area contributed by atoms with Crippen molar-refractivity contribution in [1.82, 2.24) is 29.6 Å². The zero-order valence-electron chi connectivity index (χ0n) is 26.7. The molecule has 13 heteroatoms. The van der Waals surface area contributed by atoms with Gasteiger partial charge in [0.05, 0.1) is 18.7 Å². The number of likely N-dealkylation sites (tertiary alicyclic amines) is 1. The van der Waals surface area contributed by atoms with Gasteiger partial charge in [-0.3, -0.25) is 19.1 Å². The molecule has 2 aliphatic heterocycles. The Labute approximate surface area is 285 Å². The first-order valence-electron chi connectivity index (χ1n) is 16.1. The number of carbonyl (C=O) groups is 3. The molecule has 3 atom stereocenters. The Morgan fingerprint density at radius 2 is 1.96 bits per heavy atom. The number of hydrogen-bond acceptors (Lipinski definition) is 8. The predicted octanol–water partition coefficient (Wildman–Crippen LogP) is 5.89. The van der Waals surface area contributed by atoms with E-state index < -0.39 is 12.7 Å². The molecule has 0 radical (unpaired) electrons. The maximum Gasteiger partial charge on any atom is 0.248 e. The van der Waals surface area contributed by atoms with E-state index in [1.54, 1.807) is 42.4 Å². The lowest BCUT2D eigenvalue weighted by Gasteiger charge is -2.27. The molecule has 1 N–H and O–H groups in total. The summed E-state index contributed by atoms with van der Waals surface area (Å²) in [5, 5.41) is 7.97. The highest BCUT2D eigenvalue weighted by Crippen LogP contribution is 2.62. The number of pyridine rings is 1. The molecule has 2 fully saturated rings. The van der Waals surface area contributed by atoms with Crippen LogP contribution in [0.2, 0.25) is 0 Å². The number of amides is 2. The number of alkyl halides is 1. The van der Waals surface area contributed by atoms with E-state index in [-0.39, 0.29) is 53.5 Å². The number of aryl methyl sites for hydroxylation is 1. The van der Waals surface area contributed by atoms with Crippen LogP contribution in [0.5, 0.6) is 0 Å². The van der Waals surface area contributed by atoms with Crippen LogP contribution in [0.15, 0.2) is 53.4 Å². The van der Waals surface area contributed by atoms with Gasteiger partial charge in [0.25, 0.3) is 0 Å². The van der Waals surface area contributed by atoms with Crippen LogP contribution < -0.4 is 5.32 Å². The molecule has 2 amide bonds. The number of Topliss-reactive ketones (excluding diaryl/α,β-unsaturated/α-hetero) is 1. The lowest BCUT2D eigenvalue weighted by atomic mass is 9.93. The summed E-state index contributed by atoms with van der Waals surface area (Å²) in [5.74, 6) is 0.0343. The number of halogens is 2. The second kappa shape index (κ2) is 12.9. The van der Waals surface area contributed by atoms with Crippen LogP contribution in [-0.4, -0.2) is 65.9 Å². The van der Waals surface area contributed by atoms with E-state index in [1.807, 2.05) is 12.1 Å². The Kier molecular flexibility index (Phi) is 8.67. The fourth-order valence-corrected chi connectivity index (χ4v) is 7.57.